The van der Waals surface area contributed by atoms with E-state index in [0.29, 0.717) is 45.1 Å². The molecule has 0 spiro atoms. The molecule has 16 unspecified atom stereocenters. The Morgan fingerprint density at radius 1 is 0.293 bits per heavy atom. The standard InChI is InChI=1S/C93H101N3O27/c1-88(2)26-20-52(46-112-88)13-19-78(102)118-67-45-61-60(44-66(67)117-77(101)18-12-51-25-31-93(7)72(36-51)123-93)86(110)96(87(61)111)81(105)55-38-53(79(103)94-82(106)56-40-62(113-73(97)14-8-47-21-27-89(3)68(32-47)119-89)63(41-57(56)83(94)107)114-74(98)15-9-48-22-28-90(4)69(33-48)120-90)37-54(39-55)80(104)95-84(108)58-42-64(115-75(99)16-10-49-23-29-91(5)70(34-49)121-91)65(43-59(58)85(95)109)116-76(100)17-11-50-24-30-92(6)71(35-50)122-92/h37-45,47-52,68-72H,8-36,46H2,1-7H3. The van der Waals surface area contributed by atoms with Crippen LogP contribution in [0, 0.1) is 35.5 Å². The Labute approximate surface area is 709 Å². The first kappa shape index (κ1) is 83.8. The maximum Gasteiger partial charge on any atom is 0.311 e. The number of rotatable bonds is 27. The molecule has 4 aromatic rings. The molecule has 5 aliphatic carbocycles. The van der Waals surface area contributed by atoms with Crippen LogP contribution in [0.1, 0.15) is 328 Å². The van der Waals surface area contributed by atoms with Crippen LogP contribution in [-0.2, 0) is 57.2 Å². The summed E-state index contributed by atoms with van der Waals surface area (Å²) < 4.78 is 70.7. The number of carbonyl (C=O) groups excluding carboxylic acids is 15. The fourth-order valence-corrected chi connectivity index (χ4v) is 20.3. The lowest BCUT2D eigenvalue weighted by molar-refractivity contribution is -0.138. The average molecular weight is 1690 g/mol. The number of benzene rings is 4. The Morgan fingerprint density at radius 3 is 0.675 bits per heavy atom. The van der Waals surface area contributed by atoms with Gasteiger partial charge in [0.2, 0.25) is 0 Å². The van der Waals surface area contributed by atoms with E-state index in [4.69, 9.17) is 56.8 Å². The van der Waals surface area contributed by atoms with Crippen LogP contribution in [0.15, 0.2) is 54.6 Å². The van der Waals surface area contributed by atoms with Gasteiger partial charge in [0.25, 0.3) is 53.2 Å². The highest BCUT2D eigenvalue weighted by Gasteiger charge is 2.60. The molecule has 5 saturated carbocycles. The summed E-state index contributed by atoms with van der Waals surface area (Å²) in [5.74, 6) is -19.7. The maximum atomic E-state index is 15.6. The van der Waals surface area contributed by atoms with Crippen LogP contribution in [0.4, 0.5) is 0 Å². The summed E-state index contributed by atoms with van der Waals surface area (Å²) in [5.41, 5.74) is -7.15. The number of epoxide rings is 5. The number of hydrogen-bond donors (Lipinski definition) is 0. The number of imide groups is 9. The minimum Gasteiger partial charge on any atom is -0.422 e. The van der Waals surface area contributed by atoms with Crippen molar-refractivity contribution >= 4 is 89.0 Å². The maximum absolute atomic E-state index is 15.6. The van der Waals surface area contributed by atoms with Crippen LogP contribution in [0.2, 0.25) is 0 Å². The molecule has 30 nitrogen and oxygen atoms in total. The van der Waals surface area contributed by atoms with Crippen LogP contribution in [0.25, 0.3) is 0 Å². The zero-order valence-electron chi connectivity index (χ0n) is 70.1. The summed E-state index contributed by atoms with van der Waals surface area (Å²) in [7, 11) is 0. The van der Waals surface area contributed by atoms with E-state index in [9.17, 15) is 28.8 Å². The largest absolute Gasteiger partial charge is 0.422 e. The van der Waals surface area contributed by atoms with E-state index < -0.39 is 174 Å². The lowest BCUT2D eigenvalue weighted by Crippen LogP contribution is -2.39. The molecular weight excluding hydrogens is 1590 g/mol. The minimum absolute atomic E-state index is 0.0160. The topological polar surface area (TPSA) is 393 Å². The van der Waals surface area contributed by atoms with E-state index >= 15 is 43.2 Å². The third kappa shape index (κ3) is 16.9. The second kappa shape index (κ2) is 31.5. The molecule has 0 N–H and O–H groups in total. The van der Waals surface area contributed by atoms with Crippen molar-refractivity contribution in [3.8, 4) is 34.5 Å². The van der Waals surface area contributed by atoms with Crippen LogP contribution in [0.3, 0.4) is 0 Å². The van der Waals surface area contributed by atoms with Gasteiger partial charge in [-0.05, 0) is 286 Å². The lowest BCUT2D eigenvalue weighted by atomic mass is 9.81. The number of hydrogen-bond acceptors (Lipinski definition) is 27. The normalized spacial score (nSPS) is 31.6. The first-order valence-corrected chi connectivity index (χ1v) is 43.7. The van der Waals surface area contributed by atoms with Gasteiger partial charge in [0.05, 0.1) is 104 Å². The molecule has 0 aromatic heterocycles. The SMILES string of the molecule is CC1(C)CCC(CCC(=O)Oc2cc3c(cc2OC(=O)CCC2CCC4(C)OC4C2)C(=O)N(C(=O)c2cc(C(=O)N4C(=O)c5cc(OC(=O)CCC6CCC7(C)OC7C6)c(OC(=O)CCC6CCC7(C)OC7C6)cc5C4=O)cc(C(=O)N4C(=O)c5cc(OC(=O)CCC6CCC7(C)OC7C6)c(OC(=O)CCC6CCC7(C)OC7C6)cc5C4=O)c2)C3=O)CO1. The van der Waals surface area contributed by atoms with Gasteiger partial charge in [-0.25, -0.2) is 14.7 Å². The molecule has 123 heavy (non-hydrogen) atoms. The van der Waals surface area contributed by atoms with Crippen molar-refractivity contribution in [2.75, 3.05) is 6.61 Å². The molecule has 6 saturated heterocycles. The van der Waals surface area contributed by atoms with Crippen LogP contribution >= 0.6 is 0 Å². The van der Waals surface area contributed by atoms with Gasteiger partial charge >= 0.3 is 35.8 Å². The molecule has 4 aromatic carbocycles. The summed E-state index contributed by atoms with van der Waals surface area (Å²) in [6, 6.07) is 8.05. The van der Waals surface area contributed by atoms with Gasteiger partial charge in [0.1, 0.15) is 0 Å². The second-order valence-corrected chi connectivity index (χ2v) is 38.4. The zero-order chi connectivity index (χ0) is 86.5. The van der Waals surface area contributed by atoms with E-state index in [1.807, 2.05) is 48.5 Å². The Morgan fingerprint density at radius 2 is 0.488 bits per heavy atom. The summed E-state index contributed by atoms with van der Waals surface area (Å²) in [4.78, 5) is 221. The number of carbonyl (C=O) groups is 15. The first-order valence-electron chi connectivity index (χ1n) is 43.7. The molecule has 650 valence electrons. The summed E-state index contributed by atoms with van der Waals surface area (Å²) >= 11 is 0. The van der Waals surface area contributed by atoms with E-state index in [0.717, 1.165) is 164 Å². The van der Waals surface area contributed by atoms with Gasteiger partial charge in [-0.3, -0.25) is 71.9 Å². The van der Waals surface area contributed by atoms with Gasteiger partial charge < -0.3 is 56.8 Å². The lowest BCUT2D eigenvalue weighted by Gasteiger charge is -2.34. The summed E-state index contributed by atoms with van der Waals surface area (Å²) in [5, 5.41) is 0. The highest BCUT2D eigenvalue weighted by molar-refractivity contribution is 6.35. The van der Waals surface area contributed by atoms with Gasteiger partial charge in [-0.2, -0.15) is 0 Å². The van der Waals surface area contributed by atoms with Crippen LogP contribution < -0.4 is 28.4 Å². The number of esters is 6. The van der Waals surface area contributed by atoms with Crippen molar-refractivity contribution in [3.05, 3.63) is 105 Å². The third-order valence-electron chi connectivity index (χ3n) is 29.0. The Hall–Kier alpha value is -10.1. The molecule has 9 heterocycles. The van der Waals surface area contributed by atoms with Gasteiger partial charge in [0, 0.05) is 55.2 Å². The highest BCUT2D eigenvalue weighted by atomic mass is 16.6. The Kier molecular flexibility index (Phi) is 21.5. The molecule has 14 aliphatic rings. The van der Waals surface area contributed by atoms with Crippen molar-refractivity contribution in [3.63, 3.8) is 0 Å². The molecule has 16 atom stereocenters. The fourth-order valence-electron chi connectivity index (χ4n) is 20.3. The van der Waals surface area contributed by atoms with Gasteiger partial charge in [-0.15, -0.1) is 0 Å². The molecule has 0 bridgehead atoms. The van der Waals surface area contributed by atoms with Gasteiger partial charge in [-0.1, -0.05) is 0 Å². The van der Waals surface area contributed by atoms with Crippen molar-refractivity contribution < 1.29 is 129 Å². The number of fused-ring (bicyclic) bond motifs is 8. The van der Waals surface area contributed by atoms with E-state index in [-0.39, 0.29) is 153 Å². The van der Waals surface area contributed by atoms with Crippen LogP contribution in [-0.4, -0.2) is 174 Å². The summed E-state index contributed by atoms with van der Waals surface area (Å²) in [6.07, 6.45) is 15.0. The van der Waals surface area contributed by atoms with Crippen molar-refractivity contribution in [1.29, 1.82) is 0 Å². The molecular formula is C93H101N3O27. The van der Waals surface area contributed by atoms with Crippen molar-refractivity contribution in [1.82, 2.24) is 14.7 Å². The van der Waals surface area contributed by atoms with E-state index in [1.165, 1.54) is 0 Å². The monoisotopic (exact) mass is 1690 g/mol. The highest BCUT2D eigenvalue weighted by Crippen LogP contribution is 2.55. The van der Waals surface area contributed by atoms with E-state index in [2.05, 4.69) is 0 Å². The van der Waals surface area contributed by atoms with Crippen LogP contribution in [0.5, 0.6) is 34.5 Å². The van der Waals surface area contributed by atoms with E-state index in [1.54, 1.807) is 0 Å². The smallest absolute Gasteiger partial charge is 0.311 e. The Bertz CT molecular complexity index is 4810. The van der Waals surface area contributed by atoms with Gasteiger partial charge in [0.15, 0.2) is 34.5 Å². The molecule has 18 rings (SSSR count). The fraction of sp³-hybridized carbons (Fsp3) is 0.581. The molecule has 30 heteroatoms. The predicted molar refractivity (Wildman–Crippen MR) is 425 cm³/mol. The molecule has 9 amide bonds. The minimum atomic E-state index is -1.58. The number of ether oxygens (including phenoxy) is 12. The predicted octanol–water partition coefficient (Wildman–Crippen LogP) is 13.1. The molecule has 11 fully saturated rings. The average Bonchev–Trinajstić information content (AvgIpc) is 1.68. The number of amides is 9. The molecule has 9 aliphatic heterocycles. The zero-order valence-corrected chi connectivity index (χ0v) is 70.1. The third-order valence-corrected chi connectivity index (χ3v) is 29.0. The van der Waals surface area contributed by atoms with Crippen molar-refractivity contribution in [2.24, 2.45) is 35.5 Å². The summed E-state index contributed by atoms with van der Waals surface area (Å²) in [6.45, 7) is 14.5. The second-order valence-electron chi connectivity index (χ2n) is 38.4. The number of nitrogens with zero attached hydrogens (tertiary/aromatic N) is 3. The quantitative estimate of drug-likeness (QED) is 0.0231. The molecule has 0 radical (unpaired) electrons. The first-order chi connectivity index (χ1) is 58.5. The van der Waals surface area contributed by atoms with Crippen molar-refractivity contribution in [2.45, 2.75) is 299 Å². The Balaban J connectivity index is 0.655.